The van der Waals surface area contributed by atoms with Crippen molar-refractivity contribution in [2.24, 2.45) is 74.8 Å². The third kappa shape index (κ3) is 5.46. The van der Waals surface area contributed by atoms with E-state index in [0.29, 0.717) is 38.2 Å². The molecule has 7 aliphatic rings. The first kappa shape index (κ1) is 37.1. The fourth-order valence-corrected chi connectivity index (χ4v) is 13.0. The summed E-state index contributed by atoms with van der Waals surface area (Å²) in [7, 11) is 0. The molecule has 0 amide bonds. The lowest BCUT2D eigenvalue weighted by Gasteiger charge is -2.66. The molecule has 11 heteroatoms. The van der Waals surface area contributed by atoms with Crippen molar-refractivity contribution in [3.05, 3.63) is 12.2 Å². The molecular weight excluding hydrogens is 638 g/mol. The normalized spacial score (nSPS) is 53.6. The molecule has 5 aliphatic carbocycles. The zero-order valence-corrected chi connectivity index (χ0v) is 30.7. The first-order valence-corrected chi connectivity index (χ1v) is 19.6. The highest BCUT2D eigenvalue weighted by molar-refractivity contribution is 6.42. The van der Waals surface area contributed by atoms with E-state index in [1.54, 1.807) is 13.8 Å². The van der Waals surface area contributed by atoms with Crippen LogP contribution in [-0.2, 0) is 9.53 Å². The van der Waals surface area contributed by atoms with Gasteiger partial charge in [0.25, 0.3) is 0 Å². The number of fused-ring (bicyclic) bond motifs is 2. The van der Waals surface area contributed by atoms with Gasteiger partial charge in [-0.15, -0.1) is 0 Å². The molecule has 2 saturated heterocycles. The van der Waals surface area contributed by atoms with Crippen molar-refractivity contribution < 1.29 is 45.5 Å². The van der Waals surface area contributed by atoms with Crippen LogP contribution in [0.4, 0.5) is 0 Å². The van der Waals surface area contributed by atoms with Crippen molar-refractivity contribution in [3.63, 3.8) is 0 Å². The summed E-state index contributed by atoms with van der Waals surface area (Å²) < 4.78 is 6.06. The van der Waals surface area contributed by atoms with E-state index in [2.05, 4.69) is 24.4 Å². The summed E-state index contributed by atoms with van der Waals surface area (Å²) in [6.07, 6.45) is 4.41. The number of carbonyl (C=O) groups is 1. The van der Waals surface area contributed by atoms with Gasteiger partial charge in [-0.25, -0.2) is 0 Å². The lowest BCUT2D eigenvalue weighted by Crippen LogP contribution is -2.95. The van der Waals surface area contributed by atoms with Gasteiger partial charge in [0.2, 0.25) is 0 Å². The maximum Gasteiger partial charge on any atom is 0.180 e. The van der Waals surface area contributed by atoms with Gasteiger partial charge in [-0.3, -0.25) is 15.5 Å². The number of hydrogen-bond acceptors (Lipinski definition) is 10. The van der Waals surface area contributed by atoms with Gasteiger partial charge < -0.3 is 40.7 Å². The molecule has 11 nitrogen and oxygen atoms in total. The Bertz CT molecular complexity index is 1360. The number of carbonyl (C=O) groups excluding carboxylic acids is 1. The highest BCUT2D eigenvalue weighted by Crippen LogP contribution is 2.72. The fraction of sp³-hybridized carbons (Fsp3) is 0.897. The van der Waals surface area contributed by atoms with Gasteiger partial charge in [0.15, 0.2) is 5.78 Å². The molecule has 19 unspecified atom stereocenters. The van der Waals surface area contributed by atoms with Crippen molar-refractivity contribution >= 4 is 11.5 Å². The Hall–Kier alpha value is -1.28. The molecule has 50 heavy (non-hydrogen) atoms. The molecule has 10 N–H and O–H groups in total. The Kier molecular flexibility index (Phi) is 9.59. The predicted molar refractivity (Wildman–Crippen MR) is 186 cm³/mol. The monoisotopic (exact) mass is 702 g/mol. The fourth-order valence-electron chi connectivity index (χ4n) is 13.0. The molecule has 2 heterocycles. The second kappa shape index (κ2) is 12.9. The number of ether oxygens (including phenoxy) is 1. The van der Waals surface area contributed by atoms with Crippen molar-refractivity contribution in [2.45, 2.75) is 134 Å². The number of aliphatic hydroxyl groups excluding tert-OH is 4. The van der Waals surface area contributed by atoms with Crippen LogP contribution < -0.4 is 11.1 Å². The quantitative estimate of drug-likeness (QED) is 0.182. The average molecular weight is 703 g/mol. The minimum absolute atomic E-state index is 0.0121. The van der Waals surface area contributed by atoms with Gasteiger partial charge in [-0.05, 0) is 99.7 Å². The number of nitrogens with zero attached hydrogens (tertiary/aromatic N) is 1. The lowest BCUT2D eigenvalue weighted by molar-refractivity contribution is -0.703. The molecular formula is C39H64N3O8+. The largest absolute Gasteiger partial charge is 0.391 e. The summed E-state index contributed by atoms with van der Waals surface area (Å²) in [6, 6.07) is 0. The second-order valence-corrected chi connectivity index (χ2v) is 18.6. The van der Waals surface area contributed by atoms with E-state index in [1.807, 2.05) is 13.8 Å². The SMILES string of the molecule is CC(O)CN=C1C(=O)C2CC(O)C(O)CC23CC(C2CCC(N)[NH2+]C2)C=CC2CC4(C)C(C(C)(O)C(O)C5OCC(C)C5C)CCC4(O)C1C23. The van der Waals surface area contributed by atoms with E-state index in [4.69, 9.17) is 15.5 Å². The molecule has 6 fully saturated rings. The summed E-state index contributed by atoms with van der Waals surface area (Å²) in [5, 5.41) is 72.8. The molecule has 2 aliphatic heterocycles. The maximum absolute atomic E-state index is 15.0. The van der Waals surface area contributed by atoms with Crippen LogP contribution in [0.25, 0.3) is 0 Å². The standard InChI is InChI=1S/C39H63N3O8/c1-19-18-50-34(21(19)3)35(47)37(5,48)28-10-11-39(49)31-30-23(13-36(28,39)4)7-6-22(24-8-9-29(40)41-17-24)14-38(30)15-27(45)26(44)12-25(38)33(46)32(31)42-16-20(2)43/h6-7,19-31,34-35,41,43-45,47-49H,8-18,40H2,1-5H3/p+1. The third-order valence-electron chi connectivity index (χ3n) is 15.8. The van der Waals surface area contributed by atoms with Crippen molar-refractivity contribution in [3.8, 4) is 0 Å². The van der Waals surface area contributed by atoms with E-state index in [-0.39, 0.29) is 66.6 Å². The van der Waals surface area contributed by atoms with Gasteiger partial charge >= 0.3 is 0 Å². The Morgan fingerprint density at radius 1 is 1.10 bits per heavy atom. The predicted octanol–water partition coefficient (Wildman–Crippen LogP) is 0.526. The third-order valence-corrected chi connectivity index (χ3v) is 15.8. The summed E-state index contributed by atoms with van der Waals surface area (Å²) >= 11 is 0. The van der Waals surface area contributed by atoms with Gasteiger partial charge in [-0.1, -0.05) is 32.9 Å². The number of aliphatic imine (C=N–C) groups is 1. The van der Waals surface area contributed by atoms with Crippen molar-refractivity contribution in [2.75, 3.05) is 19.7 Å². The zero-order valence-electron chi connectivity index (χ0n) is 30.7. The summed E-state index contributed by atoms with van der Waals surface area (Å²) in [5.41, 5.74) is 1.90. The van der Waals surface area contributed by atoms with E-state index < -0.39 is 70.3 Å². The molecule has 0 radical (unpaired) electrons. The van der Waals surface area contributed by atoms with Crippen LogP contribution in [-0.4, -0.2) is 110 Å². The number of hydrogen-bond donors (Lipinski definition) is 8. The molecule has 7 rings (SSSR count). The van der Waals surface area contributed by atoms with Crippen LogP contribution in [0.3, 0.4) is 0 Å². The van der Waals surface area contributed by atoms with E-state index in [9.17, 15) is 30.6 Å². The van der Waals surface area contributed by atoms with Crippen LogP contribution in [0.15, 0.2) is 17.1 Å². The van der Waals surface area contributed by atoms with Crippen LogP contribution in [0.5, 0.6) is 0 Å². The minimum Gasteiger partial charge on any atom is -0.391 e. The van der Waals surface area contributed by atoms with Crippen LogP contribution in [0.1, 0.15) is 86.0 Å². The minimum atomic E-state index is -1.59. The Labute approximate surface area is 297 Å². The molecule has 19 atom stereocenters. The Morgan fingerprint density at radius 2 is 1.82 bits per heavy atom. The number of nitrogens with two attached hydrogens (primary N) is 2. The molecule has 0 bridgehead atoms. The van der Waals surface area contributed by atoms with Crippen molar-refractivity contribution in [1.82, 2.24) is 0 Å². The molecule has 0 aromatic carbocycles. The Morgan fingerprint density at radius 3 is 2.46 bits per heavy atom. The average Bonchev–Trinajstić information content (AvgIpc) is 3.48. The van der Waals surface area contributed by atoms with Gasteiger partial charge in [0, 0.05) is 36.2 Å². The number of allylic oxidation sites excluding steroid dienone is 2. The lowest BCUT2D eigenvalue weighted by atomic mass is 9.38. The summed E-state index contributed by atoms with van der Waals surface area (Å²) in [4.78, 5) is 19.8. The van der Waals surface area contributed by atoms with Gasteiger partial charge in [0.1, 0.15) is 12.3 Å². The number of aliphatic hydroxyl groups is 6. The van der Waals surface area contributed by atoms with E-state index in [1.165, 1.54) is 0 Å². The van der Waals surface area contributed by atoms with Crippen LogP contribution in [0, 0.1) is 64.1 Å². The Balaban J connectivity index is 1.36. The molecule has 1 spiro atoms. The molecule has 0 aromatic heterocycles. The smallest absolute Gasteiger partial charge is 0.180 e. The summed E-state index contributed by atoms with van der Waals surface area (Å²) in [6.45, 7) is 10.9. The molecule has 282 valence electrons. The second-order valence-electron chi connectivity index (χ2n) is 18.6. The molecule has 4 saturated carbocycles. The first-order valence-electron chi connectivity index (χ1n) is 19.6. The molecule has 0 aromatic rings. The number of Topliss-reactive ketones (excluding diaryl/α,β-unsaturated/α-hetero) is 1. The van der Waals surface area contributed by atoms with Gasteiger partial charge in [-0.2, -0.15) is 0 Å². The zero-order chi connectivity index (χ0) is 36.1. The number of ketones is 1. The van der Waals surface area contributed by atoms with Gasteiger partial charge in [0.05, 0.1) is 54.4 Å². The highest BCUT2D eigenvalue weighted by atomic mass is 16.5. The topological polar surface area (TPSA) is 203 Å². The van der Waals surface area contributed by atoms with Crippen molar-refractivity contribution in [1.29, 1.82) is 0 Å². The van der Waals surface area contributed by atoms with E-state index in [0.717, 1.165) is 19.4 Å². The number of quaternary nitrogens is 1. The number of piperidine rings is 1. The van der Waals surface area contributed by atoms with Crippen LogP contribution in [0.2, 0.25) is 0 Å². The van der Waals surface area contributed by atoms with E-state index >= 15 is 4.79 Å². The maximum atomic E-state index is 15.0. The summed E-state index contributed by atoms with van der Waals surface area (Å²) in [5.74, 6) is -1.59. The number of rotatable bonds is 6. The highest BCUT2D eigenvalue weighted by Gasteiger charge is 2.76. The van der Waals surface area contributed by atoms with Crippen LogP contribution >= 0.6 is 0 Å². The first-order chi connectivity index (χ1) is 23.5.